The quantitative estimate of drug-likeness (QED) is 0.827. The van der Waals surface area contributed by atoms with Crippen LogP contribution < -0.4 is 0 Å². The van der Waals surface area contributed by atoms with Crippen LogP contribution in [0.3, 0.4) is 0 Å². The van der Waals surface area contributed by atoms with Crippen LogP contribution in [-0.4, -0.2) is 43.3 Å². The van der Waals surface area contributed by atoms with Crippen molar-refractivity contribution in [3.05, 3.63) is 35.6 Å². The van der Waals surface area contributed by atoms with Gasteiger partial charge in [0.25, 0.3) is 5.91 Å². The topological polar surface area (TPSA) is 54.5 Å². The van der Waals surface area contributed by atoms with Gasteiger partial charge in [0, 0.05) is 12.6 Å². The summed E-state index contributed by atoms with van der Waals surface area (Å²) < 4.78 is 36.0. The highest BCUT2D eigenvalue weighted by Crippen LogP contribution is 2.29. The Bertz CT molecular complexity index is 597. The Morgan fingerprint density at radius 2 is 1.89 bits per heavy atom. The third-order valence-electron chi connectivity index (χ3n) is 3.69. The minimum absolute atomic E-state index is 0.0244. The minimum Gasteiger partial charge on any atom is -0.335 e. The van der Waals surface area contributed by atoms with E-state index in [4.69, 9.17) is 0 Å². The summed E-state index contributed by atoms with van der Waals surface area (Å²) in [6.45, 7) is 1.76. The van der Waals surface area contributed by atoms with Gasteiger partial charge in [-0.05, 0) is 37.6 Å². The molecular weight excluding hydrogens is 269 g/mol. The van der Waals surface area contributed by atoms with Crippen LogP contribution in [0.1, 0.15) is 23.7 Å². The van der Waals surface area contributed by atoms with Gasteiger partial charge in [-0.2, -0.15) is 0 Å². The van der Waals surface area contributed by atoms with E-state index in [0.29, 0.717) is 12.0 Å². The zero-order valence-electron chi connectivity index (χ0n) is 10.9. The molecule has 19 heavy (non-hydrogen) atoms. The fourth-order valence-corrected chi connectivity index (χ4v) is 4.47. The molecule has 0 N–H and O–H groups in total. The van der Waals surface area contributed by atoms with Gasteiger partial charge >= 0.3 is 0 Å². The number of hydrogen-bond donors (Lipinski definition) is 0. The second-order valence-electron chi connectivity index (χ2n) is 5.21. The maximum absolute atomic E-state index is 12.8. The van der Waals surface area contributed by atoms with Crippen molar-refractivity contribution >= 4 is 15.7 Å². The van der Waals surface area contributed by atoms with Crippen molar-refractivity contribution in [2.45, 2.75) is 18.9 Å². The minimum atomic E-state index is -3.08. The van der Waals surface area contributed by atoms with Crippen molar-refractivity contribution in [2.24, 2.45) is 0 Å². The SMILES string of the molecule is CN(C(=O)c1ccc(F)cc1)[C@@]1(C)CCS(=O)(=O)C1. The number of nitrogens with zero attached hydrogens (tertiary/aromatic N) is 1. The molecule has 0 saturated carbocycles. The van der Waals surface area contributed by atoms with Crippen LogP contribution >= 0.6 is 0 Å². The Morgan fingerprint density at radius 3 is 2.37 bits per heavy atom. The first kappa shape index (κ1) is 14.0. The average molecular weight is 285 g/mol. The molecule has 1 aromatic carbocycles. The Balaban J connectivity index is 2.22. The lowest BCUT2D eigenvalue weighted by Gasteiger charge is -2.34. The van der Waals surface area contributed by atoms with Gasteiger partial charge in [0.05, 0.1) is 17.0 Å². The molecule has 0 bridgehead atoms. The predicted octanol–water partition coefficient (Wildman–Crippen LogP) is 1.47. The van der Waals surface area contributed by atoms with E-state index in [1.807, 2.05) is 0 Å². The van der Waals surface area contributed by atoms with E-state index in [1.165, 1.54) is 29.2 Å². The predicted molar refractivity (Wildman–Crippen MR) is 70.2 cm³/mol. The van der Waals surface area contributed by atoms with E-state index in [-0.39, 0.29) is 17.4 Å². The molecule has 1 saturated heterocycles. The first-order valence-corrected chi connectivity index (χ1v) is 7.80. The van der Waals surface area contributed by atoms with Gasteiger partial charge in [-0.25, -0.2) is 12.8 Å². The molecule has 4 nitrogen and oxygen atoms in total. The number of hydrogen-bond acceptors (Lipinski definition) is 3. The van der Waals surface area contributed by atoms with Crippen molar-refractivity contribution in [1.29, 1.82) is 0 Å². The number of carbonyl (C=O) groups is 1. The molecule has 1 aromatic rings. The monoisotopic (exact) mass is 285 g/mol. The maximum atomic E-state index is 12.8. The summed E-state index contributed by atoms with van der Waals surface area (Å²) >= 11 is 0. The van der Waals surface area contributed by atoms with Crippen molar-refractivity contribution < 1.29 is 17.6 Å². The van der Waals surface area contributed by atoms with Gasteiger partial charge < -0.3 is 4.90 Å². The summed E-state index contributed by atoms with van der Waals surface area (Å²) in [5.41, 5.74) is -0.334. The number of amides is 1. The molecule has 1 atom stereocenters. The largest absolute Gasteiger partial charge is 0.335 e. The first-order chi connectivity index (χ1) is 8.73. The van der Waals surface area contributed by atoms with Gasteiger partial charge in [0.1, 0.15) is 5.82 Å². The van der Waals surface area contributed by atoms with Crippen molar-refractivity contribution in [3.63, 3.8) is 0 Å². The Hall–Kier alpha value is -1.43. The van der Waals surface area contributed by atoms with Crippen LogP contribution in [0.2, 0.25) is 0 Å². The van der Waals surface area contributed by atoms with Crippen LogP contribution in [-0.2, 0) is 9.84 Å². The van der Waals surface area contributed by atoms with Crippen LogP contribution in [0.5, 0.6) is 0 Å². The second-order valence-corrected chi connectivity index (χ2v) is 7.39. The Kier molecular flexibility index (Phi) is 3.38. The molecule has 0 aromatic heterocycles. The highest BCUT2D eigenvalue weighted by Gasteiger charge is 2.43. The molecule has 0 radical (unpaired) electrons. The summed E-state index contributed by atoms with van der Waals surface area (Å²) in [5, 5.41) is 0. The molecule has 1 aliphatic heterocycles. The number of halogens is 1. The lowest BCUT2D eigenvalue weighted by Crippen LogP contribution is -2.48. The van der Waals surface area contributed by atoms with Crippen molar-refractivity contribution in [2.75, 3.05) is 18.6 Å². The van der Waals surface area contributed by atoms with Gasteiger partial charge in [-0.15, -0.1) is 0 Å². The summed E-state index contributed by atoms with van der Waals surface area (Å²) in [4.78, 5) is 13.7. The zero-order chi connectivity index (χ0) is 14.3. The first-order valence-electron chi connectivity index (χ1n) is 5.98. The Labute approximate surface area is 112 Å². The summed E-state index contributed by atoms with van der Waals surface area (Å²) in [5.74, 6) is -0.623. The molecule has 6 heteroatoms. The Morgan fingerprint density at radius 1 is 1.32 bits per heavy atom. The van der Waals surface area contributed by atoms with Crippen molar-refractivity contribution in [3.8, 4) is 0 Å². The molecule has 1 aliphatic rings. The fourth-order valence-electron chi connectivity index (χ4n) is 2.29. The molecule has 1 heterocycles. The van der Waals surface area contributed by atoms with Crippen LogP contribution in [0.4, 0.5) is 4.39 Å². The standard InChI is InChI=1S/C13H16FNO3S/c1-13(7-8-19(17,18)9-13)15(2)12(16)10-3-5-11(14)6-4-10/h3-6H,7-9H2,1-2H3/t13-/m0/s1. The summed E-state index contributed by atoms with van der Waals surface area (Å²) in [7, 11) is -1.49. The average Bonchev–Trinajstić information content (AvgIpc) is 2.64. The smallest absolute Gasteiger partial charge is 0.254 e. The third kappa shape index (κ3) is 2.78. The summed E-state index contributed by atoms with van der Waals surface area (Å²) in [6, 6.07) is 5.24. The van der Waals surface area contributed by atoms with Crippen LogP contribution in [0.25, 0.3) is 0 Å². The molecule has 0 spiro atoms. The number of benzene rings is 1. The number of carbonyl (C=O) groups excluding carboxylic acids is 1. The highest BCUT2D eigenvalue weighted by atomic mass is 32.2. The lowest BCUT2D eigenvalue weighted by atomic mass is 9.99. The van der Waals surface area contributed by atoms with E-state index < -0.39 is 21.2 Å². The molecule has 0 aliphatic carbocycles. The molecular formula is C13H16FNO3S. The van der Waals surface area contributed by atoms with E-state index in [0.717, 1.165) is 0 Å². The molecule has 1 fully saturated rings. The van der Waals surface area contributed by atoms with Gasteiger partial charge in [0.15, 0.2) is 9.84 Å². The van der Waals surface area contributed by atoms with Crippen LogP contribution in [0, 0.1) is 5.82 Å². The van der Waals surface area contributed by atoms with Crippen LogP contribution in [0.15, 0.2) is 24.3 Å². The second kappa shape index (κ2) is 4.59. The fraction of sp³-hybridized carbons (Fsp3) is 0.462. The van der Waals surface area contributed by atoms with Gasteiger partial charge in [-0.1, -0.05) is 0 Å². The zero-order valence-corrected chi connectivity index (χ0v) is 11.7. The normalized spacial score (nSPS) is 25.2. The van der Waals surface area contributed by atoms with Gasteiger partial charge in [0.2, 0.25) is 0 Å². The maximum Gasteiger partial charge on any atom is 0.254 e. The number of sulfone groups is 1. The molecule has 0 unspecified atom stereocenters. The van der Waals surface area contributed by atoms with E-state index in [2.05, 4.69) is 0 Å². The molecule has 104 valence electrons. The van der Waals surface area contributed by atoms with Gasteiger partial charge in [-0.3, -0.25) is 4.79 Å². The van der Waals surface area contributed by atoms with E-state index in [9.17, 15) is 17.6 Å². The lowest BCUT2D eigenvalue weighted by molar-refractivity contribution is 0.0638. The summed E-state index contributed by atoms with van der Waals surface area (Å²) in [6.07, 6.45) is 0.429. The van der Waals surface area contributed by atoms with E-state index in [1.54, 1.807) is 14.0 Å². The van der Waals surface area contributed by atoms with E-state index >= 15 is 0 Å². The molecule has 2 rings (SSSR count). The third-order valence-corrected chi connectivity index (χ3v) is 5.58. The number of rotatable bonds is 2. The van der Waals surface area contributed by atoms with Crippen molar-refractivity contribution in [1.82, 2.24) is 4.90 Å². The molecule has 1 amide bonds. The highest BCUT2D eigenvalue weighted by molar-refractivity contribution is 7.91.